The van der Waals surface area contributed by atoms with Crippen molar-refractivity contribution < 1.29 is 4.79 Å². The molecule has 1 N–H and O–H groups in total. The van der Waals surface area contributed by atoms with Gasteiger partial charge in [-0.25, -0.2) is 4.68 Å². The van der Waals surface area contributed by atoms with Crippen LogP contribution in [-0.2, 0) is 11.2 Å². The predicted molar refractivity (Wildman–Crippen MR) is 84.6 cm³/mol. The van der Waals surface area contributed by atoms with E-state index in [1.165, 1.54) is 0 Å². The number of amides is 1. The number of likely N-dealkylation sites (N-methyl/N-ethyl adjacent to an activating group) is 1. The molecule has 1 amide bonds. The van der Waals surface area contributed by atoms with Crippen molar-refractivity contribution in [3.05, 3.63) is 66.4 Å². The van der Waals surface area contributed by atoms with Gasteiger partial charge < -0.3 is 5.32 Å². The van der Waals surface area contributed by atoms with Gasteiger partial charge in [-0.1, -0.05) is 53.7 Å². The zero-order valence-corrected chi connectivity index (χ0v) is 12.2. The highest BCUT2D eigenvalue weighted by Gasteiger charge is 2.18. The van der Waals surface area contributed by atoms with E-state index in [2.05, 4.69) is 15.6 Å². The summed E-state index contributed by atoms with van der Waals surface area (Å²) in [5.74, 6) is -0.0858. The van der Waals surface area contributed by atoms with Crippen molar-refractivity contribution in [2.75, 3.05) is 7.05 Å². The molecular formula is C17H16N4O. The highest BCUT2D eigenvalue weighted by Crippen LogP contribution is 2.25. The standard InChI is InChI=1S/C17H16N4O/c1-18-16(22)12-15-17(13-8-4-2-5-9-13)21(20-19-15)14-10-6-3-7-11-14/h2-11H,12H2,1H3,(H,18,22). The van der Waals surface area contributed by atoms with Crippen LogP contribution in [0.2, 0.25) is 0 Å². The summed E-state index contributed by atoms with van der Waals surface area (Å²) in [5, 5.41) is 11.1. The number of carbonyl (C=O) groups excluding carboxylic acids is 1. The van der Waals surface area contributed by atoms with E-state index in [1.54, 1.807) is 11.7 Å². The fraction of sp³-hybridized carbons (Fsp3) is 0.118. The number of rotatable bonds is 4. The number of para-hydroxylation sites is 1. The van der Waals surface area contributed by atoms with Gasteiger partial charge in [-0.15, -0.1) is 5.10 Å². The molecule has 0 aliphatic carbocycles. The van der Waals surface area contributed by atoms with Gasteiger partial charge in [-0.3, -0.25) is 4.79 Å². The van der Waals surface area contributed by atoms with E-state index < -0.39 is 0 Å². The Morgan fingerprint density at radius 2 is 1.68 bits per heavy atom. The second kappa shape index (κ2) is 6.22. The van der Waals surface area contributed by atoms with Crippen LogP contribution in [0.25, 0.3) is 16.9 Å². The second-order valence-electron chi connectivity index (χ2n) is 4.85. The molecule has 0 fully saturated rings. The Kier molecular flexibility index (Phi) is 3.96. The van der Waals surface area contributed by atoms with Crippen molar-refractivity contribution in [1.82, 2.24) is 20.3 Å². The number of nitrogens with zero attached hydrogens (tertiary/aromatic N) is 3. The number of hydrogen-bond acceptors (Lipinski definition) is 3. The normalized spacial score (nSPS) is 10.4. The van der Waals surface area contributed by atoms with E-state index in [9.17, 15) is 4.79 Å². The Morgan fingerprint density at radius 3 is 2.32 bits per heavy atom. The summed E-state index contributed by atoms with van der Waals surface area (Å²) < 4.78 is 1.77. The minimum Gasteiger partial charge on any atom is -0.359 e. The Hall–Kier alpha value is -2.95. The molecule has 3 aromatic rings. The van der Waals surface area contributed by atoms with Gasteiger partial charge in [0.2, 0.25) is 5.91 Å². The maximum atomic E-state index is 11.7. The molecular weight excluding hydrogens is 276 g/mol. The summed E-state index contributed by atoms with van der Waals surface area (Å²) in [7, 11) is 1.62. The SMILES string of the molecule is CNC(=O)Cc1nnn(-c2ccccc2)c1-c1ccccc1. The Labute approximate surface area is 128 Å². The Bertz CT molecular complexity index is 766. The number of nitrogens with one attached hydrogen (secondary N) is 1. The molecule has 0 atom stereocenters. The fourth-order valence-electron chi connectivity index (χ4n) is 2.31. The molecule has 0 aliphatic heterocycles. The lowest BCUT2D eigenvalue weighted by atomic mass is 10.1. The molecule has 0 saturated heterocycles. The molecule has 5 nitrogen and oxygen atoms in total. The van der Waals surface area contributed by atoms with Crippen molar-refractivity contribution in [2.24, 2.45) is 0 Å². The second-order valence-corrected chi connectivity index (χ2v) is 4.85. The van der Waals surface area contributed by atoms with E-state index >= 15 is 0 Å². The molecule has 3 rings (SSSR count). The third-order valence-electron chi connectivity index (χ3n) is 3.39. The largest absolute Gasteiger partial charge is 0.359 e. The van der Waals surface area contributed by atoms with Crippen molar-refractivity contribution >= 4 is 5.91 Å². The molecule has 0 spiro atoms. The van der Waals surface area contributed by atoms with Gasteiger partial charge in [-0.05, 0) is 12.1 Å². The number of hydrogen-bond donors (Lipinski definition) is 1. The summed E-state index contributed by atoms with van der Waals surface area (Å²) >= 11 is 0. The average Bonchev–Trinajstić information content (AvgIpc) is 3.00. The van der Waals surface area contributed by atoms with E-state index in [0.29, 0.717) is 5.69 Å². The van der Waals surface area contributed by atoms with E-state index in [-0.39, 0.29) is 12.3 Å². The minimum absolute atomic E-state index is 0.0858. The lowest BCUT2D eigenvalue weighted by Crippen LogP contribution is -2.20. The predicted octanol–water partition coefficient (Wildman–Crippen LogP) is 2.22. The molecule has 0 aliphatic rings. The highest BCUT2D eigenvalue weighted by atomic mass is 16.1. The zero-order chi connectivity index (χ0) is 15.4. The van der Waals surface area contributed by atoms with Crippen molar-refractivity contribution in [2.45, 2.75) is 6.42 Å². The number of aromatic nitrogens is 3. The summed E-state index contributed by atoms with van der Waals surface area (Å²) in [6.07, 6.45) is 0.202. The van der Waals surface area contributed by atoms with Crippen molar-refractivity contribution in [3.8, 4) is 16.9 Å². The molecule has 22 heavy (non-hydrogen) atoms. The first-order valence-corrected chi connectivity index (χ1v) is 7.05. The maximum absolute atomic E-state index is 11.7. The van der Waals surface area contributed by atoms with Gasteiger partial charge >= 0.3 is 0 Å². The highest BCUT2D eigenvalue weighted by molar-refractivity contribution is 5.80. The molecule has 0 radical (unpaired) electrons. The molecule has 5 heteroatoms. The molecule has 2 aromatic carbocycles. The van der Waals surface area contributed by atoms with Gasteiger partial charge in [-0.2, -0.15) is 0 Å². The lowest BCUT2D eigenvalue weighted by molar-refractivity contribution is -0.120. The first kappa shape index (κ1) is 14.0. The monoisotopic (exact) mass is 292 g/mol. The van der Waals surface area contributed by atoms with Crippen molar-refractivity contribution in [1.29, 1.82) is 0 Å². The molecule has 0 saturated carbocycles. The van der Waals surface area contributed by atoms with Crippen LogP contribution in [0, 0.1) is 0 Å². The van der Waals surface area contributed by atoms with Gasteiger partial charge in [0.15, 0.2) is 0 Å². The van der Waals surface area contributed by atoms with E-state index in [1.807, 2.05) is 60.7 Å². The van der Waals surface area contributed by atoms with Gasteiger partial charge in [0.05, 0.1) is 17.8 Å². The van der Waals surface area contributed by atoms with Crippen LogP contribution in [0.5, 0.6) is 0 Å². The zero-order valence-electron chi connectivity index (χ0n) is 12.2. The average molecular weight is 292 g/mol. The summed E-state index contributed by atoms with van der Waals surface area (Å²) in [6.45, 7) is 0. The van der Waals surface area contributed by atoms with Crippen LogP contribution in [0.15, 0.2) is 60.7 Å². The maximum Gasteiger partial charge on any atom is 0.225 e. The quantitative estimate of drug-likeness (QED) is 0.802. The van der Waals surface area contributed by atoms with E-state index in [4.69, 9.17) is 0 Å². The molecule has 1 aromatic heterocycles. The van der Waals surface area contributed by atoms with Gasteiger partial charge in [0.1, 0.15) is 5.69 Å². The summed E-state index contributed by atoms with van der Waals surface area (Å²) in [6, 6.07) is 19.6. The topological polar surface area (TPSA) is 59.8 Å². The third-order valence-corrected chi connectivity index (χ3v) is 3.39. The van der Waals surface area contributed by atoms with E-state index in [0.717, 1.165) is 16.9 Å². The van der Waals surface area contributed by atoms with Crippen LogP contribution >= 0.6 is 0 Å². The molecule has 0 unspecified atom stereocenters. The number of benzene rings is 2. The van der Waals surface area contributed by atoms with Crippen LogP contribution in [0.4, 0.5) is 0 Å². The molecule has 0 bridgehead atoms. The van der Waals surface area contributed by atoms with Gasteiger partial charge in [0.25, 0.3) is 0 Å². The van der Waals surface area contributed by atoms with Crippen LogP contribution in [-0.4, -0.2) is 27.9 Å². The lowest BCUT2D eigenvalue weighted by Gasteiger charge is -2.08. The van der Waals surface area contributed by atoms with Gasteiger partial charge in [0, 0.05) is 12.6 Å². The first-order chi connectivity index (χ1) is 10.8. The Balaban J connectivity index is 2.13. The van der Waals surface area contributed by atoms with Crippen LogP contribution in [0.1, 0.15) is 5.69 Å². The summed E-state index contributed by atoms with van der Waals surface area (Å²) in [4.78, 5) is 11.7. The summed E-state index contributed by atoms with van der Waals surface area (Å²) in [5.41, 5.74) is 3.40. The van der Waals surface area contributed by atoms with Crippen LogP contribution < -0.4 is 5.32 Å². The molecule has 1 heterocycles. The van der Waals surface area contributed by atoms with Crippen molar-refractivity contribution in [3.63, 3.8) is 0 Å². The van der Waals surface area contributed by atoms with Crippen LogP contribution in [0.3, 0.4) is 0 Å². The molecule has 110 valence electrons. The smallest absolute Gasteiger partial charge is 0.225 e. The third kappa shape index (κ3) is 2.74. The first-order valence-electron chi connectivity index (χ1n) is 7.05. The number of carbonyl (C=O) groups is 1. The Morgan fingerprint density at radius 1 is 1.05 bits per heavy atom. The fourth-order valence-corrected chi connectivity index (χ4v) is 2.31. The minimum atomic E-state index is -0.0858.